The summed E-state index contributed by atoms with van der Waals surface area (Å²) in [5.41, 5.74) is 1.14. The van der Waals surface area contributed by atoms with Crippen LogP contribution < -0.4 is 16.0 Å². The maximum Gasteiger partial charge on any atom is 0.269 e. The molecule has 2 aromatic carbocycles. The Labute approximate surface area is 166 Å². The number of carbonyl (C=O) groups is 3. The molecule has 29 heavy (non-hydrogen) atoms. The van der Waals surface area contributed by atoms with Crippen LogP contribution >= 0.6 is 0 Å². The number of carbonyl (C=O) groups excluding carboxylic acids is 3. The minimum atomic E-state index is -0.877. The number of rotatable bonds is 7. The van der Waals surface area contributed by atoms with Gasteiger partial charge < -0.3 is 16.0 Å². The Balaban J connectivity index is 1.72. The maximum atomic E-state index is 12.8. The van der Waals surface area contributed by atoms with E-state index in [9.17, 15) is 24.5 Å². The van der Waals surface area contributed by atoms with Crippen molar-refractivity contribution in [2.75, 3.05) is 5.32 Å². The van der Waals surface area contributed by atoms with Gasteiger partial charge in [0.2, 0.25) is 17.7 Å². The molecule has 0 radical (unpaired) electrons. The lowest BCUT2D eigenvalue weighted by molar-refractivity contribution is -0.384. The fourth-order valence-electron chi connectivity index (χ4n) is 3.04. The standard InChI is InChI=1S/C20H20N4O5/c25-18-11-10-16(22-18)19(26)23-17(12-13-4-2-1-3-5-13)20(27)21-14-6-8-15(9-7-14)24(28)29/h1-9,16-17H,10-12H2,(H,21,27)(H,22,25)(H,23,26)/t16-,17+/m1/s1. The van der Waals surface area contributed by atoms with E-state index in [0.717, 1.165) is 5.56 Å². The molecule has 2 aromatic rings. The number of hydrogen-bond acceptors (Lipinski definition) is 5. The van der Waals surface area contributed by atoms with Crippen molar-refractivity contribution in [3.05, 3.63) is 70.3 Å². The summed E-state index contributed by atoms with van der Waals surface area (Å²) in [6.07, 6.45) is 0.912. The van der Waals surface area contributed by atoms with E-state index in [1.165, 1.54) is 24.3 Å². The molecule has 0 spiro atoms. The van der Waals surface area contributed by atoms with Crippen LogP contribution in [0.1, 0.15) is 18.4 Å². The third-order valence-electron chi connectivity index (χ3n) is 4.57. The van der Waals surface area contributed by atoms with Crippen LogP contribution in [0.5, 0.6) is 0 Å². The number of hydrogen-bond donors (Lipinski definition) is 3. The zero-order valence-electron chi connectivity index (χ0n) is 15.5. The fourth-order valence-corrected chi connectivity index (χ4v) is 3.04. The van der Waals surface area contributed by atoms with Crippen LogP contribution in [0.4, 0.5) is 11.4 Å². The number of nitro groups is 1. The largest absolute Gasteiger partial charge is 0.344 e. The van der Waals surface area contributed by atoms with Crippen LogP contribution in [0.25, 0.3) is 0 Å². The number of non-ortho nitro benzene ring substituents is 1. The molecule has 2 atom stereocenters. The zero-order chi connectivity index (χ0) is 20.8. The topological polar surface area (TPSA) is 130 Å². The van der Waals surface area contributed by atoms with Crippen LogP contribution in [0.15, 0.2) is 54.6 Å². The normalized spacial score (nSPS) is 16.6. The van der Waals surface area contributed by atoms with Crippen molar-refractivity contribution in [2.24, 2.45) is 0 Å². The Morgan fingerprint density at radius 3 is 2.41 bits per heavy atom. The number of amides is 3. The Kier molecular flexibility index (Phi) is 6.18. The summed E-state index contributed by atoms with van der Waals surface area (Å²) in [6.45, 7) is 0. The van der Waals surface area contributed by atoms with Crippen molar-refractivity contribution >= 4 is 29.1 Å². The summed E-state index contributed by atoms with van der Waals surface area (Å²) in [7, 11) is 0. The third kappa shape index (κ3) is 5.38. The minimum Gasteiger partial charge on any atom is -0.344 e. The van der Waals surface area contributed by atoms with Gasteiger partial charge in [-0.25, -0.2) is 0 Å². The van der Waals surface area contributed by atoms with Gasteiger partial charge in [-0.3, -0.25) is 24.5 Å². The average molecular weight is 396 g/mol. The molecule has 0 aliphatic carbocycles. The van der Waals surface area contributed by atoms with Gasteiger partial charge in [0.15, 0.2) is 0 Å². The summed E-state index contributed by atoms with van der Waals surface area (Å²) < 4.78 is 0. The molecule has 0 aromatic heterocycles. The first-order chi connectivity index (χ1) is 13.9. The smallest absolute Gasteiger partial charge is 0.269 e. The Morgan fingerprint density at radius 2 is 1.83 bits per heavy atom. The van der Waals surface area contributed by atoms with Crippen molar-refractivity contribution < 1.29 is 19.3 Å². The molecule has 3 rings (SSSR count). The molecule has 1 aliphatic rings. The molecule has 0 bridgehead atoms. The van der Waals surface area contributed by atoms with Gasteiger partial charge in [-0.15, -0.1) is 0 Å². The summed E-state index contributed by atoms with van der Waals surface area (Å²) in [5, 5.41) is 18.7. The first-order valence-corrected chi connectivity index (χ1v) is 9.11. The molecule has 3 amide bonds. The van der Waals surface area contributed by atoms with Crippen molar-refractivity contribution in [1.82, 2.24) is 10.6 Å². The Bertz CT molecular complexity index is 914. The lowest BCUT2D eigenvalue weighted by Crippen LogP contribution is -2.51. The highest BCUT2D eigenvalue weighted by Crippen LogP contribution is 2.16. The van der Waals surface area contributed by atoms with Crippen LogP contribution in [0.3, 0.4) is 0 Å². The lowest BCUT2D eigenvalue weighted by atomic mass is 10.0. The summed E-state index contributed by atoms with van der Waals surface area (Å²) in [5.74, 6) is -1.07. The highest BCUT2D eigenvalue weighted by atomic mass is 16.6. The number of anilines is 1. The Hall–Kier alpha value is -3.75. The maximum absolute atomic E-state index is 12.8. The predicted octanol–water partition coefficient (Wildman–Crippen LogP) is 1.54. The van der Waals surface area contributed by atoms with Gasteiger partial charge in [0.05, 0.1) is 4.92 Å². The zero-order valence-corrected chi connectivity index (χ0v) is 15.5. The summed E-state index contributed by atoms with van der Waals surface area (Å²) in [6, 6.07) is 13.1. The fraction of sp³-hybridized carbons (Fsp3) is 0.250. The van der Waals surface area contributed by atoms with E-state index in [4.69, 9.17) is 0 Å². The van der Waals surface area contributed by atoms with E-state index in [-0.39, 0.29) is 24.4 Å². The minimum absolute atomic E-state index is 0.0888. The van der Waals surface area contributed by atoms with Gasteiger partial charge in [0.25, 0.3) is 5.69 Å². The molecular formula is C20H20N4O5. The van der Waals surface area contributed by atoms with Crippen molar-refractivity contribution in [2.45, 2.75) is 31.3 Å². The van der Waals surface area contributed by atoms with Gasteiger partial charge in [-0.1, -0.05) is 30.3 Å². The van der Waals surface area contributed by atoms with Crippen molar-refractivity contribution in [3.8, 4) is 0 Å². The molecule has 1 saturated heterocycles. The quantitative estimate of drug-likeness (QED) is 0.483. The molecule has 0 unspecified atom stereocenters. The number of nitrogens with zero attached hydrogens (tertiary/aromatic N) is 1. The van der Waals surface area contributed by atoms with Gasteiger partial charge in [0.1, 0.15) is 12.1 Å². The highest BCUT2D eigenvalue weighted by Gasteiger charge is 2.30. The Morgan fingerprint density at radius 1 is 1.14 bits per heavy atom. The lowest BCUT2D eigenvalue weighted by Gasteiger charge is -2.20. The van der Waals surface area contributed by atoms with Crippen LogP contribution in [-0.2, 0) is 20.8 Å². The molecule has 0 saturated carbocycles. The summed E-state index contributed by atoms with van der Waals surface area (Å²) >= 11 is 0. The molecular weight excluding hydrogens is 376 g/mol. The van der Waals surface area contributed by atoms with Crippen molar-refractivity contribution in [3.63, 3.8) is 0 Å². The van der Waals surface area contributed by atoms with Crippen LogP contribution in [0.2, 0.25) is 0 Å². The van der Waals surface area contributed by atoms with E-state index < -0.39 is 28.8 Å². The second-order valence-corrected chi connectivity index (χ2v) is 6.70. The molecule has 150 valence electrons. The second-order valence-electron chi connectivity index (χ2n) is 6.70. The number of nitro benzene ring substituents is 1. The average Bonchev–Trinajstić information content (AvgIpc) is 3.15. The van der Waals surface area contributed by atoms with Crippen molar-refractivity contribution in [1.29, 1.82) is 0 Å². The molecule has 9 nitrogen and oxygen atoms in total. The number of benzene rings is 2. The van der Waals surface area contributed by atoms with E-state index in [2.05, 4.69) is 16.0 Å². The molecule has 1 fully saturated rings. The second kappa shape index (κ2) is 8.96. The van der Waals surface area contributed by atoms with Gasteiger partial charge in [-0.2, -0.15) is 0 Å². The van der Waals surface area contributed by atoms with Crippen LogP contribution in [-0.4, -0.2) is 34.7 Å². The van der Waals surface area contributed by atoms with Gasteiger partial charge in [-0.05, 0) is 24.1 Å². The molecule has 1 heterocycles. The number of nitrogens with one attached hydrogen (secondary N) is 3. The first kappa shape index (κ1) is 20.0. The molecule has 9 heteroatoms. The monoisotopic (exact) mass is 396 g/mol. The molecule has 3 N–H and O–H groups in total. The van der Waals surface area contributed by atoms with E-state index in [1.807, 2.05) is 30.3 Å². The molecule has 1 aliphatic heterocycles. The van der Waals surface area contributed by atoms with E-state index in [0.29, 0.717) is 12.1 Å². The van der Waals surface area contributed by atoms with Gasteiger partial charge >= 0.3 is 0 Å². The van der Waals surface area contributed by atoms with E-state index >= 15 is 0 Å². The predicted molar refractivity (Wildman–Crippen MR) is 105 cm³/mol. The van der Waals surface area contributed by atoms with Gasteiger partial charge in [0, 0.05) is 30.7 Å². The van der Waals surface area contributed by atoms with Crippen LogP contribution in [0, 0.1) is 10.1 Å². The SMILES string of the molecule is O=C1CC[C@H](C(=O)N[C@@H](Cc2ccccc2)C(=O)Nc2ccc([N+](=O)[O-])cc2)N1. The third-order valence-corrected chi connectivity index (χ3v) is 4.57. The first-order valence-electron chi connectivity index (χ1n) is 9.11. The summed E-state index contributed by atoms with van der Waals surface area (Å²) in [4.78, 5) is 46.9. The highest BCUT2D eigenvalue weighted by molar-refractivity contribution is 5.99. The van der Waals surface area contributed by atoms with E-state index in [1.54, 1.807) is 0 Å².